The highest BCUT2D eigenvalue weighted by molar-refractivity contribution is 7.92. The van der Waals surface area contributed by atoms with Gasteiger partial charge in [-0.25, -0.2) is 26.8 Å². The molecule has 4 N–H and O–H groups in total. The lowest BCUT2D eigenvalue weighted by Gasteiger charge is -2.41. The number of rotatable bonds is 20. The van der Waals surface area contributed by atoms with Gasteiger partial charge in [0.15, 0.2) is 31.3 Å². The van der Waals surface area contributed by atoms with E-state index in [2.05, 4.69) is 115 Å². The number of nitrogens with zero attached hydrogens (tertiary/aromatic N) is 7. The molecular formula is C65H89Cl2N11O6S2. The highest BCUT2D eigenvalue weighted by atomic mass is 35.5. The van der Waals surface area contributed by atoms with E-state index < -0.39 is 30.2 Å². The zero-order chi connectivity index (χ0) is 62.2. The van der Waals surface area contributed by atoms with E-state index in [1.165, 1.54) is 86.3 Å². The van der Waals surface area contributed by atoms with E-state index in [9.17, 15) is 16.8 Å². The molecule has 4 aromatic carbocycles. The maximum absolute atomic E-state index is 13.0. The first-order valence-electron chi connectivity index (χ1n) is 30.3. The van der Waals surface area contributed by atoms with Gasteiger partial charge in [-0.3, -0.25) is 4.90 Å². The van der Waals surface area contributed by atoms with E-state index in [4.69, 9.17) is 32.7 Å². The third kappa shape index (κ3) is 16.5. The van der Waals surface area contributed by atoms with Gasteiger partial charge in [0.25, 0.3) is 0 Å². The molecule has 466 valence electrons. The van der Waals surface area contributed by atoms with Crippen LogP contribution in [-0.2, 0) is 19.7 Å². The maximum atomic E-state index is 13.0. The molecule has 0 bridgehead atoms. The van der Waals surface area contributed by atoms with Crippen LogP contribution in [0.1, 0.15) is 141 Å². The molecule has 2 aromatic heterocycles. The number of hydrogen-bond donors (Lipinski definition) is 4. The Morgan fingerprint density at radius 2 is 0.942 bits per heavy atom. The standard InChI is InChI=1S/C34H47ClN6O3S.C31H42ClN5O3S/c1-22(2)44-31-20-27(25-11-13-26(14-12-25)41-17-15-40(6)16-18-41)24(5)19-30(31)38-34-36-21-28(35)33(39-34)37-29-9-7-8-10-32(29)45(42,43)23(3)4;1-19(2)40-28-17-24(22-12-14-23(15-13-22)37(6)7)21(5)16-27(28)35-31-33-18-25(32)30(36-31)34-26-10-8-9-11-29(26)41(38,39)20(3)4/h7-10,19-23,25-26H,11-18H2,1-6H3,(H2,36,37,38,39);8-11,16-20,22-23H,12-15H2,1-7H3,(H2,33,34,35,36). The summed E-state index contributed by atoms with van der Waals surface area (Å²) >= 11 is 12.9. The Morgan fingerprint density at radius 3 is 1.33 bits per heavy atom. The highest BCUT2D eigenvalue weighted by Crippen LogP contribution is 2.43. The first-order chi connectivity index (χ1) is 40.8. The van der Waals surface area contributed by atoms with Crippen LogP contribution in [0.2, 0.25) is 10.0 Å². The molecule has 2 aliphatic carbocycles. The molecule has 1 saturated heterocycles. The lowest BCUT2D eigenvalue weighted by Crippen LogP contribution is -2.49. The molecule has 3 aliphatic rings. The van der Waals surface area contributed by atoms with Crippen molar-refractivity contribution in [1.29, 1.82) is 0 Å². The molecule has 1 aliphatic heterocycles. The summed E-state index contributed by atoms with van der Waals surface area (Å²) in [5.41, 5.74) is 7.41. The van der Waals surface area contributed by atoms with Crippen molar-refractivity contribution in [2.24, 2.45) is 0 Å². The first-order valence-corrected chi connectivity index (χ1v) is 34.1. The smallest absolute Gasteiger partial charge is 0.229 e. The molecule has 21 heteroatoms. The van der Waals surface area contributed by atoms with Crippen molar-refractivity contribution in [2.75, 3.05) is 68.6 Å². The number of likely N-dealkylation sites (N-methyl/N-ethyl adjacent to an activating group) is 1. The van der Waals surface area contributed by atoms with Gasteiger partial charge >= 0.3 is 0 Å². The van der Waals surface area contributed by atoms with Crippen molar-refractivity contribution in [1.82, 2.24) is 34.6 Å². The van der Waals surface area contributed by atoms with Crippen LogP contribution in [-0.4, -0.2) is 134 Å². The van der Waals surface area contributed by atoms with Crippen molar-refractivity contribution in [2.45, 2.75) is 177 Å². The average molecular weight is 1260 g/mol. The van der Waals surface area contributed by atoms with Crippen LogP contribution in [0.25, 0.3) is 0 Å². The van der Waals surface area contributed by atoms with E-state index in [1.54, 1.807) is 76.2 Å². The second kappa shape index (κ2) is 29.0. The first kappa shape index (κ1) is 66.2. The minimum atomic E-state index is -3.53. The van der Waals surface area contributed by atoms with Crippen LogP contribution in [0.3, 0.4) is 0 Å². The predicted octanol–water partition coefficient (Wildman–Crippen LogP) is 14.7. The Bertz CT molecular complexity index is 3510. The third-order valence-electron chi connectivity index (χ3n) is 16.6. The van der Waals surface area contributed by atoms with Crippen LogP contribution in [0.15, 0.2) is 95.0 Å². The molecule has 0 atom stereocenters. The van der Waals surface area contributed by atoms with Gasteiger partial charge in [0.05, 0.1) is 67.6 Å². The minimum Gasteiger partial charge on any atom is -0.489 e. The molecule has 2 saturated carbocycles. The molecule has 0 unspecified atom stereocenters. The lowest BCUT2D eigenvalue weighted by atomic mass is 9.79. The van der Waals surface area contributed by atoms with Gasteiger partial charge < -0.3 is 40.5 Å². The van der Waals surface area contributed by atoms with Gasteiger partial charge in [0.1, 0.15) is 21.5 Å². The van der Waals surface area contributed by atoms with Gasteiger partial charge in [-0.2, -0.15) is 9.97 Å². The van der Waals surface area contributed by atoms with Crippen molar-refractivity contribution >= 4 is 89.2 Å². The van der Waals surface area contributed by atoms with E-state index in [0.717, 1.165) is 48.8 Å². The van der Waals surface area contributed by atoms with E-state index in [-0.39, 0.29) is 32.0 Å². The zero-order valence-corrected chi connectivity index (χ0v) is 55.5. The van der Waals surface area contributed by atoms with Gasteiger partial charge in [0.2, 0.25) is 11.9 Å². The fraction of sp³-hybridized carbons (Fsp3) is 0.508. The Labute approximate surface area is 521 Å². The lowest BCUT2D eigenvalue weighted by molar-refractivity contribution is 0.0878. The zero-order valence-electron chi connectivity index (χ0n) is 52.3. The summed E-state index contributed by atoms with van der Waals surface area (Å²) in [6.07, 6.45) is 12.4. The maximum Gasteiger partial charge on any atom is 0.229 e. The molecule has 86 heavy (non-hydrogen) atoms. The number of aryl methyl sites for hydroxylation is 2. The summed E-state index contributed by atoms with van der Waals surface area (Å²) in [6.45, 7) is 23.7. The normalized spacial score (nSPS) is 18.9. The van der Waals surface area contributed by atoms with Crippen molar-refractivity contribution in [3.05, 3.63) is 117 Å². The number of ether oxygens (including phenoxy) is 2. The number of nitrogens with one attached hydrogen (secondary N) is 4. The molecule has 0 radical (unpaired) electrons. The highest BCUT2D eigenvalue weighted by Gasteiger charge is 2.31. The molecular weight excluding hydrogens is 1170 g/mol. The number of halogens is 2. The van der Waals surface area contributed by atoms with Crippen molar-refractivity contribution in [3.8, 4) is 11.5 Å². The fourth-order valence-corrected chi connectivity index (χ4v) is 14.4. The van der Waals surface area contributed by atoms with Gasteiger partial charge in [0, 0.05) is 38.3 Å². The van der Waals surface area contributed by atoms with Crippen LogP contribution < -0.4 is 30.7 Å². The van der Waals surface area contributed by atoms with Crippen molar-refractivity contribution in [3.63, 3.8) is 0 Å². The summed E-state index contributed by atoms with van der Waals surface area (Å²) < 4.78 is 64.5. The number of para-hydroxylation sites is 2. The SMILES string of the molecule is Cc1cc(Nc2ncc(Cl)c(Nc3ccccc3S(=O)(=O)C(C)C)n2)c(OC(C)C)cc1C1CCC(N(C)C)CC1.Cc1cc(Nc2ncc(Cl)c(Nc3ccccc3S(=O)(=O)C(C)C)n2)c(OC(C)C)cc1C1CCC(N2CCN(C)CC2)CC1. The Morgan fingerprint density at radius 1 is 0.547 bits per heavy atom. The third-order valence-corrected chi connectivity index (χ3v) is 21.6. The number of aromatic nitrogens is 4. The quantitative estimate of drug-likeness (QED) is 0.0563. The molecule has 6 aromatic rings. The molecule has 0 spiro atoms. The largest absolute Gasteiger partial charge is 0.489 e. The summed E-state index contributed by atoms with van der Waals surface area (Å²) in [6, 6.07) is 23.4. The summed E-state index contributed by atoms with van der Waals surface area (Å²) in [5, 5.41) is 12.3. The monoisotopic (exact) mass is 1250 g/mol. The summed E-state index contributed by atoms with van der Waals surface area (Å²) in [7, 11) is -0.516. The summed E-state index contributed by atoms with van der Waals surface area (Å²) in [4.78, 5) is 25.9. The predicted molar refractivity (Wildman–Crippen MR) is 351 cm³/mol. The summed E-state index contributed by atoms with van der Waals surface area (Å²) in [5.74, 6) is 3.74. The minimum absolute atomic E-state index is 0.0154. The number of anilines is 8. The van der Waals surface area contributed by atoms with Crippen molar-refractivity contribution < 1.29 is 26.3 Å². The number of sulfone groups is 2. The molecule has 3 fully saturated rings. The van der Waals surface area contributed by atoms with E-state index in [0.29, 0.717) is 58.8 Å². The van der Waals surface area contributed by atoms with Crippen LogP contribution >= 0.6 is 23.2 Å². The average Bonchev–Trinajstić information content (AvgIpc) is 1.71. The van der Waals surface area contributed by atoms with Crippen LogP contribution in [0.5, 0.6) is 11.5 Å². The van der Waals surface area contributed by atoms with Gasteiger partial charge in [-0.05, 0) is 224 Å². The Kier molecular flexibility index (Phi) is 22.3. The van der Waals surface area contributed by atoms with E-state index in [1.807, 2.05) is 27.7 Å². The number of hydrogen-bond acceptors (Lipinski definition) is 17. The molecule has 0 amide bonds. The van der Waals surface area contributed by atoms with Gasteiger partial charge in [-0.15, -0.1) is 0 Å². The molecule has 9 rings (SSSR count). The fourth-order valence-electron chi connectivity index (χ4n) is 11.7. The number of piperazine rings is 1. The number of benzene rings is 4. The topological polar surface area (TPSA) is 196 Å². The second-order valence-corrected chi connectivity index (χ2v) is 30.3. The Hall–Kier alpha value is -5.80. The van der Waals surface area contributed by atoms with E-state index >= 15 is 0 Å². The molecule has 3 heterocycles. The van der Waals surface area contributed by atoms with Crippen LogP contribution in [0.4, 0.5) is 46.3 Å². The van der Waals surface area contributed by atoms with Crippen LogP contribution in [0, 0.1) is 13.8 Å². The Balaban J connectivity index is 0.000000225. The second-order valence-electron chi connectivity index (χ2n) is 24.5. The molecule has 17 nitrogen and oxygen atoms in total. The van der Waals surface area contributed by atoms with Gasteiger partial charge in [-0.1, -0.05) is 47.5 Å².